The van der Waals surface area contributed by atoms with Crippen molar-refractivity contribution in [2.24, 2.45) is 0 Å². The number of anilines is 1. The van der Waals surface area contributed by atoms with E-state index in [4.69, 9.17) is 27.9 Å². The SMILES string of the molecule is CCOc1ccc(N(CC(=O)N(Cc2ccccc2Cl)[C@@H](CC)C(=O)NC(C)(C)C)S(=O)(=O)c2ccc(Cl)cc2)cc1. The van der Waals surface area contributed by atoms with Crippen molar-refractivity contribution in [3.8, 4) is 5.75 Å². The maximum atomic E-state index is 14.2. The van der Waals surface area contributed by atoms with Gasteiger partial charge in [-0.3, -0.25) is 13.9 Å². The molecule has 1 N–H and O–H groups in total. The first-order chi connectivity index (χ1) is 19.8. The zero-order valence-electron chi connectivity index (χ0n) is 24.4. The number of rotatable bonds is 12. The van der Waals surface area contributed by atoms with Gasteiger partial charge in [0.1, 0.15) is 18.3 Å². The van der Waals surface area contributed by atoms with Crippen LogP contribution in [0.3, 0.4) is 0 Å². The maximum Gasteiger partial charge on any atom is 0.264 e. The monoisotopic (exact) mass is 633 g/mol. The van der Waals surface area contributed by atoms with Gasteiger partial charge in [-0.2, -0.15) is 0 Å². The third kappa shape index (κ3) is 8.63. The molecule has 42 heavy (non-hydrogen) atoms. The zero-order valence-corrected chi connectivity index (χ0v) is 26.8. The Morgan fingerprint density at radius 3 is 2.10 bits per heavy atom. The number of hydrogen-bond acceptors (Lipinski definition) is 5. The highest BCUT2D eigenvalue weighted by molar-refractivity contribution is 7.92. The molecule has 0 saturated heterocycles. The number of hydrogen-bond donors (Lipinski definition) is 1. The summed E-state index contributed by atoms with van der Waals surface area (Å²) >= 11 is 12.5. The second-order valence-electron chi connectivity index (χ2n) is 10.7. The molecule has 0 aromatic heterocycles. The number of nitrogens with zero attached hydrogens (tertiary/aromatic N) is 2. The Morgan fingerprint density at radius 2 is 1.55 bits per heavy atom. The van der Waals surface area contributed by atoms with Gasteiger partial charge in [-0.15, -0.1) is 0 Å². The first-order valence-electron chi connectivity index (χ1n) is 13.6. The van der Waals surface area contributed by atoms with Gasteiger partial charge in [0.15, 0.2) is 0 Å². The molecular formula is C31H37Cl2N3O5S. The molecule has 0 radical (unpaired) electrons. The number of carbonyl (C=O) groups is 2. The summed E-state index contributed by atoms with van der Waals surface area (Å²) in [6, 6.07) is 18.3. The molecule has 11 heteroatoms. The minimum absolute atomic E-state index is 0.00663. The van der Waals surface area contributed by atoms with E-state index in [2.05, 4.69) is 5.32 Å². The molecular weight excluding hydrogens is 597 g/mol. The van der Waals surface area contributed by atoms with Gasteiger partial charge in [-0.05, 0) is 94.3 Å². The average molecular weight is 635 g/mol. The normalized spacial score (nSPS) is 12.4. The highest BCUT2D eigenvalue weighted by Gasteiger charge is 2.35. The predicted octanol–water partition coefficient (Wildman–Crippen LogP) is 6.31. The fourth-order valence-electron chi connectivity index (χ4n) is 4.32. The van der Waals surface area contributed by atoms with E-state index in [1.54, 1.807) is 55.5 Å². The molecule has 0 aliphatic carbocycles. The van der Waals surface area contributed by atoms with Crippen LogP contribution in [0.5, 0.6) is 5.75 Å². The van der Waals surface area contributed by atoms with E-state index in [0.29, 0.717) is 34.4 Å². The van der Waals surface area contributed by atoms with Crippen molar-refractivity contribution in [2.45, 2.75) is 64.1 Å². The summed E-state index contributed by atoms with van der Waals surface area (Å²) in [4.78, 5) is 28.9. The molecule has 0 fully saturated rings. The number of benzene rings is 3. The van der Waals surface area contributed by atoms with Crippen LogP contribution in [-0.4, -0.2) is 49.9 Å². The van der Waals surface area contributed by atoms with Crippen molar-refractivity contribution >= 4 is 50.7 Å². The standard InChI is InChI=1S/C31H37Cl2N3O5S/c1-6-28(30(38)34-31(3,4)5)35(20-22-10-8-9-11-27(22)33)29(37)21-36(24-14-16-25(17-15-24)41-7-2)42(39,40)26-18-12-23(32)13-19-26/h8-19,28H,6-7,20-21H2,1-5H3,(H,34,38)/t28-/m0/s1. The van der Waals surface area contributed by atoms with Gasteiger partial charge in [-0.25, -0.2) is 8.42 Å². The van der Waals surface area contributed by atoms with Gasteiger partial charge >= 0.3 is 0 Å². The van der Waals surface area contributed by atoms with Gasteiger partial charge in [-0.1, -0.05) is 48.3 Å². The van der Waals surface area contributed by atoms with Crippen molar-refractivity contribution in [3.63, 3.8) is 0 Å². The van der Waals surface area contributed by atoms with Crippen LogP contribution in [0, 0.1) is 0 Å². The molecule has 0 saturated carbocycles. The van der Waals surface area contributed by atoms with E-state index < -0.39 is 34.1 Å². The summed E-state index contributed by atoms with van der Waals surface area (Å²) in [5.41, 5.74) is 0.338. The van der Waals surface area contributed by atoms with Gasteiger partial charge in [0.25, 0.3) is 10.0 Å². The van der Waals surface area contributed by atoms with E-state index >= 15 is 0 Å². The van der Waals surface area contributed by atoms with Crippen molar-refractivity contribution in [1.82, 2.24) is 10.2 Å². The van der Waals surface area contributed by atoms with Gasteiger partial charge < -0.3 is 15.0 Å². The Bertz CT molecular complexity index is 1470. The van der Waals surface area contributed by atoms with Crippen LogP contribution in [0.15, 0.2) is 77.7 Å². The van der Waals surface area contributed by atoms with Crippen LogP contribution in [0.2, 0.25) is 10.0 Å². The Balaban J connectivity index is 2.08. The quantitative estimate of drug-likeness (QED) is 0.252. The van der Waals surface area contributed by atoms with Crippen LogP contribution in [-0.2, 0) is 26.2 Å². The summed E-state index contributed by atoms with van der Waals surface area (Å²) in [7, 11) is -4.23. The molecule has 0 aliphatic heterocycles. The number of carbonyl (C=O) groups excluding carboxylic acids is 2. The Labute approximate surface area is 258 Å². The Kier molecular flexibility index (Phi) is 11.3. The first kappa shape index (κ1) is 33.2. The lowest BCUT2D eigenvalue weighted by molar-refractivity contribution is -0.141. The zero-order chi connectivity index (χ0) is 31.1. The molecule has 3 aromatic rings. The second kappa shape index (κ2) is 14.3. The summed E-state index contributed by atoms with van der Waals surface area (Å²) in [6.07, 6.45) is 0.297. The maximum absolute atomic E-state index is 14.2. The van der Waals surface area contributed by atoms with Crippen molar-refractivity contribution in [1.29, 1.82) is 0 Å². The molecule has 2 amide bonds. The van der Waals surface area contributed by atoms with Crippen LogP contribution >= 0.6 is 23.2 Å². The fraction of sp³-hybridized carbons (Fsp3) is 0.355. The molecule has 0 bridgehead atoms. The molecule has 0 heterocycles. The fourth-order valence-corrected chi connectivity index (χ4v) is 6.06. The molecule has 0 aliphatic rings. The highest BCUT2D eigenvalue weighted by Crippen LogP contribution is 2.28. The molecule has 0 spiro atoms. The second-order valence-corrected chi connectivity index (χ2v) is 13.4. The summed E-state index contributed by atoms with van der Waals surface area (Å²) in [5, 5.41) is 3.75. The summed E-state index contributed by atoms with van der Waals surface area (Å²) in [5.74, 6) is -0.363. The van der Waals surface area contributed by atoms with E-state index in [9.17, 15) is 18.0 Å². The number of halogens is 2. The first-order valence-corrected chi connectivity index (χ1v) is 15.8. The molecule has 0 unspecified atom stereocenters. The van der Waals surface area contributed by atoms with Gasteiger partial charge in [0.05, 0.1) is 17.2 Å². The van der Waals surface area contributed by atoms with E-state index in [0.717, 1.165) is 4.31 Å². The van der Waals surface area contributed by atoms with E-state index in [1.165, 1.54) is 29.2 Å². The lowest BCUT2D eigenvalue weighted by Gasteiger charge is -2.35. The molecule has 226 valence electrons. The topological polar surface area (TPSA) is 96.0 Å². The van der Waals surface area contributed by atoms with Crippen molar-refractivity contribution in [3.05, 3.63) is 88.4 Å². The lowest BCUT2D eigenvalue weighted by Crippen LogP contribution is -2.55. The highest BCUT2D eigenvalue weighted by atomic mass is 35.5. The van der Waals surface area contributed by atoms with E-state index in [-0.39, 0.29) is 23.0 Å². The predicted molar refractivity (Wildman–Crippen MR) is 168 cm³/mol. The molecule has 1 atom stereocenters. The van der Waals surface area contributed by atoms with Crippen LogP contribution in [0.1, 0.15) is 46.6 Å². The number of nitrogens with one attached hydrogen (secondary N) is 1. The Hall–Kier alpha value is -3.27. The van der Waals surface area contributed by atoms with Crippen LogP contribution in [0.25, 0.3) is 0 Å². The van der Waals surface area contributed by atoms with E-state index in [1.807, 2.05) is 27.7 Å². The van der Waals surface area contributed by atoms with Crippen LogP contribution in [0.4, 0.5) is 5.69 Å². The van der Waals surface area contributed by atoms with Crippen molar-refractivity contribution < 1.29 is 22.7 Å². The number of sulfonamides is 1. The lowest BCUT2D eigenvalue weighted by atomic mass is 10.1. The number of ether oxygens (including phenoxy) is 1. The molecule has 8 nitrogen and oxygen atoms in total. The molecule has 3 aromatic carbocycles. The number of amides is 2. The van der Waals surface area contributed by atoms with Crippen LogP contribution < -0.4 is 14.4 Å². The summed E-state index contributed by atoms with van der Waals surface area (Å²) in [6.45, 7) is 9.08. The minimum atomic E-state index is -4.23. The van der Waals surface area contributed by atoms with Gasteiger partial charge in [0.2, 0.25) is 11.8 Å². The van der Waals surface area contributed by atoms with Crippen molar-refractivity contribution in [2.75, 3.05) is 17.5 Å². The largest absolute Gasteiger partial charge is 0.494 e. The summed E-state index contributed by atoms with van der Waals surface area (Å²) < 4.78 is 34.5. The third-order valence-corrected chi connectivity index (χ3v) is 8.71. The minimum Gasteiger partial charge on any atom is -0.494 e. The Morgan fingerprint density at radius 1 is 0.929 bits per heavy atom. The smallest absolute Gasteiger partial charge is 0.264 e. The molecule has 3 rings (SSSR count). The van der Waals surface area contributed by atoms with Gasteiger partial charge in [0, 0.05) is 22.1 Å². The third-order valence-electron chi connectivity index (χ3n) is 6.30. The average Bonchev–Trinajstić information content (AvgIpc) is 2.92.